The lowest BCUT2D eigenvalue weighted by Gasteiger charge is -2.11. The van der Waals surface area contributed by atoms with Crippen LogP contribution in [0, 0.1) is 6.92 Å². The van der Waals surface area contributed by atoms with Crippen molar-refractivity contribution < 1.29 is 17.7 Å². The fourth-order valence-electron chi connectivity index (χ4n) is 2.86. The van der Waals surface area contributed by atoms with Crippen molar-refractivity contribution in [3.8, 4) is 11.3 Å². The number of rotatable bonds is 4. The van der Waals surface area contributed by atoms with Crippen LogP contribution < -0.4 is 5.32 Å². The van der Waals surface area contributed by atoms with Crippen LogP contribution in [-0.4, -0.2) is 15.1 Å². The van der Waals surface area contributed by atoms with Crippen molar-refractivity contribution in [1.29, 1.82) is 0 Å². The average Bonchev–Trinajstić information content (AvgIpc) is 3.07. The number of hydrogen-bond donors (Lipinski definition) is 1. The minimum atomic E-state index is -4.42. The third kappa shape index (κ3) is 3.53. The Morgan fingerprint density at radius 1 is 1.07 bits per heavy atom. The van der Waals surface area contributed by atoms with Crippen LogP contribution in [0.4, 0.5) is 18.9 Å². The van der Waals surface area contributed by atoms with Crippen molar-refractivity contribution in [2.24, 2.45) is 0 Å². The van der Waals surface area contributed by atoms with Crippen LogP contribution in [0.25, 0.3) is 22.4 Å². The van der Waals surface area contributed by atoms with Gasteiger partial charge in [0.2, 0.25) is 5.58 Å². The maximum Gasteiger partial charge on any atom is 0.416 e. The van der Waals surface area contributed by atoms with E-state index >= 15 is 0 Å². The maximum atomic E-state index is 13.1. The molecule has 0 saturated carbocycles. The first kappa shape index (κ1) is 18.0. The Labute approximate surface area is 158 Å². The van der Waals surface area contributed by atoms with Crippen LogP contribution >= 0.6 is 0 Å². The molecule has 0 unspecified atom stereocenters. The second kappa shape index (κ2) is 6.95. The number of nitrogens with one attached hydrogen (secondary N) is 1. The molecule has 8 heteroatoms. The van der Waals surface area contributed by atoms with Crippen LogP contribution in [0.15, 0.2) is 59.4 Å². The van der Waals surface area contributed by atoms with Gasteiger partial charge in [-0.15, -0.1) is 0 Å². The molecule has 142 valence electrons. The summed E-state index contributed by atoms with van der Waals surface area (Å²) in [7, 11) is 0. The highest BCUT2D eigenvalue weighted by atomic mass is 19.4. The smallest absolute Gasteiger partial charge is 0.378 e. The van der Waals surface area contributed by atoms with E-state index in [-0.39, 0.29) is 0 Å². The summed E-state index contributed by atoms with van der Waals surface area (Å²) in [6, 6.07) is 10.5. The lowest BCUT2D eigenvalue weighted by Crippen LogP contribution is -2.05. The van der Waals surface area contributed by atoms with Crippen molar-refractivity contribution in [2.45, 2.75) is 19.6 Å². The molecule has 1 aromatic carbocycles. The molecule has 0 spiro atoms. The monoisotopic (exact) mass is 384 g/mol. The molecule has 4 aromatic rings. The first-order chi connectivity index (χ1) is 13.4. The van der Waals surface area contributed by atoms with Crippen molar-refractivity contribution in [3.05, 3.63) is 71.7 Å². The Balaban J connectivity index is 1.76. The van der Waals surface area contributed by atoms with Gasteiger partial charge in [0.1, 0.15) is 11.2 Å². The van der Waals surface area contributed by atoms with Gasteiger partial charge in [-0.05, 0) is 42.8 Å². The number of nitrogens with zero attached hydrogens (tertiary/aromatic N) is 3. The molecule has 0 atom stereocenters. The molecular weight excluding hydrogens is 369 g/mol. The van der Waals surface area contributed by atoms with E-state index in [0.29, 0.717) is 40.3 Å². The summed E-state index contributed by atoms with van der Waals surface area (Å²) in [5.41, 5.74) is 3.18. The third-order valence-corrected chi connectivity index (χ3v) is 4.31. The maximum absolute atomic E-state index is 13.1. The molecule has 3 heterocycles. The lowest BCUT2D eigenvalue weighted by molar-refractivity contribution is -0.137. The summed E-state index contributed by atoms with van der Waals surface area (Å²) in [5, 5.41) is 7.18. The largest absolute Gasteiger partial charge is 0.416 e. The molecule has 0 radical (unpaired) electrons. The van der Waals surface area contributed by atoms with E-state index in [9.17, 15) is 13.2 Å². The van der Waals surface area contributed by atoms with Gasteiger partial charge in [0.05, 0.1) is 16.9 Å². The standard InChI is InChI=1S/C20H15F3N4O/c1-12-18-19(28-27-12)17(25-11-13-5-7-24-8-6-13)10-16(26-18)14-3-2-4-15(9-14)20(21,22)23/h2-10H,11H2,1H3,(H,25,26). The average molecular weight is 384 g/mol. The topological polar surface area (TPSA) is 63.8 Å². The predicted octanol–water partition coefficient (Wildman–Crippen LogP) is 5.22. The lowest BCUT2D eigenvalue weighted by atomic mass is 10.1. The van der Waals surface area contributed by atoms with Crippen molar-refractivity contribution in [2.75, 3.05) is 5.32 Å². The SMILES string of the molecule is Cc1noc2c(NCc3ccncc3)cc(-c3cccc(C(F)(F)F)c3)nc12. The van der Waals surface area contributed by atoms with E-state index in [1.807, 2.05) is 12.1 Å². The van der Waals surface area contributed by atoms with Crippen LogP contribution in [0.3, 0.4) is 0 Å². The highest BCUT2D eigenvalue weighted by molar-refractivity contribution is 5.90. The second-order valence-electron chi connectivity index (χ2n) is 6.29. The Bertz CT molecular complexity index is 1120. The van der Waals surface area contributed by atoms with Gasteiger partial charge in [0.15, 0.2) is 0 Å². The summed E-state index contributed by atoms with van der Waals surface area (Å²) < 4.78 is 44.6. The molecule has 3 aromatic heterocycles. The van der Waals surface area contributed by atoms with Crippen molar-refractivity contribution in [3.63, 3.8) is 0 Å². The summed E-state index contributed by atoms with van der Waals surface area (Å²) in [5.74, 6) is 0. The van der Waals surface area contributed by atoms with E-state index in [0.717, 1.165) is 17.7 Å². The predicted molar refractivity (Wildman–Crippen MR) is 98.5 cm³/mol. The van der Waals surface area contributed by atoms with E-state index < -0.39 is 11.7 Å². The zero-order chi connectivity index (χ0) is 19.7. The Morgan fingerprint density at radius 3 is 2.61 bits per heavy atom. The van der Waals surface area contributed by atoms with Crippen molar-refractivity contribution in [1.82, 2.24) is 15.1 Å². The molecule has 0 bridgehead atoms. The van der Waals surface area contributed by atoms with Crippen LogP contribution in [0.1, 0.15) is 16.8 Å². The fraction of sp³-hybridized carbons (Fsp3) is 0.150. The number of aryl methyl sites for hydroxylation is 1. The minimum Gasteiger partial charge on any atom is -0.378 e. The number of pyridine rings is 2. The molecule has 0 aliphatic rings. The Kier molecular flexibility index (Phi) is 4.46. The van der Waals surface area contributed by atoms with Gasteiger partial charge >= 0.3 is 6.18 Å². The number of fused-ring (bicyclic) bond motifs is 1. The second-order valence-corrected chi connectivity index (χ2v) is 6.29. The summed E-state index contributed by atoms with van der Waals surface area (Å²) in [4.78, 5) is 8.45. The fourth-order valence-corrected chi connectivity index (χ4v) is 2.86. The van der Waals surface area contributed by atoms with Gasteiger partial charge in [-0.3, -0.25) is 4.98 Å². The zero-order valence-electron chi connectivity index (χ0n) is 14.8. The van der Waals surface area contributed by atoms with E-state index in [4.69, 9.17) is 4.52 Å². The number of halogens is 3. The Morgan fingerprint density at radius 2 is 1.86 bits per heavy atom. The first-order valence-electron chi connectivity index (χ1n) is 8.49. The molecule has 0 amide bonds. The highest BCUT2D eigenvalue weighted by Gasteiger charge is 2.30. The minimum absolute atomic E-state index is 0.365. The van der Waals surface area contributed by atoms with Crippen LogP contribution in [-0.2, 0) is 12.7 Å². The third-order valence-electron chi connectivity index (χ3n) is 4.31. The van der Waals surface area contributed by atoms with Gasteiger partial charge in [-0.1, -0.05) is 17.3 Å². The number of alkyl halides is 3. The van der Waals surface area contributed by atoms with E-state index in [1.54, 1.807) is 31.5 Å². The molecule has 0 saturated heterocycles. The molecular formula is C20H15F3N4O. The van der Waals surface area contributed by atoms with Gasteiger partial charge in [-0.25, -0.2) is 4.98 Å². The van der Waals surface area contributed by atoms with E-state index in [2.05, 4.69) is 20.4 Å². The Hall–Kier alpha value is -3.42. The number of anilines is 1. The van der Waals surface area contributed by atoms with Gasteiger partial charge in [0.25, 0.3) is 0 Å². The van der Waals surface area contributed by atoms with Crippen molar-refractivity contribution >= 4 is 16.8 Å². The first-order valence-corrected chi connectivity index (χ1v) is 8.49. The molecule has 1 N–H and O–H groups in total. The quantitative estimate of drug-likeness (QED) is 0.522. The molecule has 0 aliphatic heterocycles. The molecule has 28 heavy (non-hydrogen) atoms. The highest BCUT2D eigenvalue weighted by Crippen LogP contribution is 2.34. The molecule has 0 aliphatic carbocycles. The number of aromatic nitrogens is 3. The van der Waals surface area contributed by atoms with Crippen LogP contribution in [0.5, 0.6) is 0 Å². The number of hydrogen-bond acceptors (Lipinski definition) is 5. The van der Waals surface area contributed by atoms with Crippen LogP contribution in [0.2, 0.25) is 0 Å². The number of benzene rings is 1. The molecule has 4 rings (SSSR count). The zero-order valence-corrected chi connectivity index (χ0v) is 14.8. The molecule has 0 fully saturated rings. The van der Waals surface area contributed by atoms with Gasteiger partial charge in [0, 0.05) is 24.5 Å². The van der Waals surface area contributed by atoms with Gasteiger partial charge in [-0.2, -0.15) is 13.2 Å². The summed E-state index contributed by atoms with van der Waals surface area (Å²) in [6.45, 7) is 2.23. The summed E-state index contributed by atoms with van der Waals surface area (Å²) >= 11 is 0. The van der Waals surface area contributed by atoms with Gasteiger partial charge < -0.3 is 9.84 Å². The normalized spacial score (nSPS) is 11.7. The molecule has 5 nitrogen and oxygen atoms in total. The van der Waals surface area contributed by atoms with E-state index in [1.165, 1.54) is 6.07 Å². The summed E-state index contributed by atoms with van der Waals surface area (Å²) in [6.07, 6.45) is -1.05.